The first-order valence-corrected chi connectivity index (χ1v) is 13.1. The highest BCUT2D eigenvalue weighted by Crippen LogP contribution is 2.43. The van der Waals surface area contributed by atoms with E-state index in [0.29, 0.717) is 18.1 Å². The van der Waals surface area contributed by atoms with Crippen LogP contribution in [0.1, 0.15) is 56.1 Å². The molecular weight excluding hydrogens is 478 g/mol. The van der Waals surface area contributed by atoms with E-state index in [1.54, 1.807) is 0 Å². The van der Waals surface area contributed by atoms with Crippen LogP contribution in [0, 0.1) is 0 Å². The number of hydrogen-bond acceptors (Lipinski definition) is 4. The monoisotopic (exact) mass is 511 g/mol. The molecule has 2 N–H and O–H groups in total. The molecule has 1 saturated heterocycles. The number of benzene rings is 2. The zero-order valence-corrected chi connectivity index (χ0v) is 22.5. The number of pyridine rings is 1. The van der Waals surface area contributed by atoms with Crippen LogP contribution in [-0.4, -0.2) is 40.0 Å². The maximum atomic E-state index is 12.8. The number of para-hydroxylation sites is 1. The molecule has 37 heavy (non-hydrogen) atoms. The molecule has 1 amide bonds. The molecule has 1 fully saturated rings. The van der Waals surface area contributed by atoms with Gasteiger partial charge in [-0.1, -0.05) is 36.4 Å². The summed E-state index contributed by atoms with van der Waals surface area (Å²) in [6.07, 6.45) is 4.45. The lowest BCUT2D eigenvalue weighted by Crippen LogP contribution is -2.42. The van der Waals surface area contributed by atoms with E-state index in [2.05, 4.69) is 77.5 Å². The van der Waals surface area contributed by atoms with E-state index in [4.69, 9.17) is 12.2 Å². The molecule has 0 bridgehead atoms. The van der Waals surface area contributed by atoms with Gasteiger partial charge in [0.2, 0.25) is 5.91 Å². The van der Waals surface area contributed by atoms with Crippen LogP contribution in [0.2, 0.25) is 0 Å². The summed E-state index contributed by atoms with van der Waals surface area (Å²) in [6.45, 7) is 7.13. The molecule has 2 aliphatic rings. The lowest BCUT2D eigenvalue weighted by molar-refractivity contribution is -0.116. The van der Waals surface area contributed by atoms with Crippen molar-refractivity contribution in [3.8, 4) is 0 Å². The summed E-state index contributed by atoms with van der Waals surface area (Å²) in [7, 11) is 2.14. The van der Waals surface area contributed by atoms with Crippen LogP contribution < -0.4 is 15.5 Å². The molecule has 5 rings (SSSR count). The molecule has 0 aliphatic carbocycles. The highest BCUT2D eigenvalue weighted by Gasteiger charge is 2.40. The largest absolute Gasteiger partial charge is 0.366 e. The lowest BCUT2D eigenvalue weighted by Gasteiger charge is -2.41. The standard InChI is InChI=1S/C30H33N5OS/c1-20-19-30(2,3)34(4)25-14-13-21(18-23(20)25)28-27(24-12-8-9-16-31-24)33-29(37)35(28)17-15-26(36)32-22-10-6-5-7-11-22/h5-14,16,18-19,27-28H,15,17H2,1-4H3,(H,32,36)(H,33,37)/t27-,28-/m0/s1. The number of allylic oxidation sites excluding steroid dienone is 1. The molecule has 0 radical (unpaired) electrons. The Balaban J connectivity index is 1.46. The van der Waals surface area contributed by atoms with Crippen LogP contribution in [0.4, 0.5) is 11.4 Å². The van der Waals surface area contributed by atoms with Crippen LogP contribution in [0.3, 0.4) is 0 Å². The van der Waals surface area contributed by atoms with Crippen molar-refractivity contribution in [2.75, 3.05) is 23.8 Å². The Labute approximate surface area is 224 Å². The molecule has 0 spiro atoms. The van der Waals surface area contributed by atoms with E-state index < -0.39 is 0 Å². The smallest absolute Gasteiger partial charge is 0.226 e. The van der Waals surface area contributed by atoms with Gasteiger partial charge < -0.3 is 20.4 Å². The van der Waals surface area contributed by atoms with Gasteiger partial charge in [-0.2, -0.15) is 0 Å². The summed E-state index contributed by atoms with van der Waals surface area (Å²) in [5.41, 5.74) is 6.51. The van der Waals surface area contributed by atoms with Crippen molar-refractivity contribution >= 4 is 40.2 Å². The van der Waals surface area contributed by atoms with E-state index in [-0.39, 0.29) is 23.5 Å². The topological polar surface area (TPSA) is 60.5 Å². The Bertz CT molecular complexity index is 1340. The number of anilines is 2. The van der Waals surface area contributed by atoms with Crippen molar-refractivity contribution in [2.24, 2.45) is 0 Å². The predicted octanol–water partition coefficient (Wildman–Crippen LogP) is 5.71. The van der Waals surface area contributed by atoms with Crippen molar-refractivity contribution in [1.82, 2.24) is 15.2 Å². The molecule has 6 nitrogen and oxygen atoms in total. The zero-order chi connectivity index (χ0) is 26.2. The van der Waals surface area contributed by atoms with E-state index in [1.165, 1.54) is 16.8 Å². The lowest BCUT2D eigenvalue weighted by atomic mass is 9.86. The molecule has 0 unspecified atom stereocenters. The summed E-state index contributed by atoms with van der Waals surface area (Å²) in [4.78, 5) is 21.9. The third kappa shape index (κ3) is 4.96. The van der Waals surface area contributed by atoms with E-state index in [0.717, 1.165) is 16.9 Å². The summed E-state index contributed by atoms with van der Waals surface area (Å²) in [5, 5.41) is 7.11. The minimum atomic E-state index is -0.119. The Kier molecular flexibility index (Phi) is 6.73. The van der Waals surface area contributed by atoms with Crippen molar-refractivity contribution in [1.29, 1.82) is 0 Å². The van der Waals surface area contributed by atoms with Gasteiger partial charge in [0, 0.05) is 43.1 Å². The Hall–Kier alpha value is -3.71. The van der Waals surface area contributed by atoms with Gasteiger partial charge in [-0.05, 0) is 80.5 Å². The summed E-state index contributed by atoms with van der Waals surface area (Å²) in [6, 6.07) is 21.9. The number of amides is 1. The van der Waals surface area contributed by atoms with Crippen molar-refractivity contribution in [3.63, 3.8) is 0 Å². The third-order valence-corrected chi connectivity index (χ3v) is 7.77. The highest BCUT2D eigenvalue weighted by atomic mass is 32.1. The van der Waals surface area contributed by atoms with Gasteiger partial charge in [-0.25, -0.2) is 0 Å². The quantitative estimate of drug-likeness (QED) is 0.413. The molecular formula is C30H33N5OS. The zero-order valence-electron chi connectivity index (χ0n) is 21.7. The minimum absolute atomic E-state index is 0.0397. The van der Waals surface area contributed by atoms with Gasteiger partial charge in [0.1, 0.15) is 0 Å². The van der Waals surface area contributed by atoms with E-state index >= 15 is 0 Å². The summed E-state index contributed by atoms with van der Waals surface area (Å²) >= 11 is 5.80. The first-order chi connectivity index (χ1) is 17.7. The molecule has 2 aromatic carbocycles. The second-order valence-corrected chi connectivity index (χ2v) is 10.7. The first kappa shape index (κ1) is 25.0. The van der Waals surface area contributed by atoms with Gasteiger partial charge in [-0.15, -0.1) is 0 Å². The fraction of sp³-hybridized carbons (Fsp3) is 0.300. The number of carbonyl (C=O) groups is 1. The molecule has 7 heteroatoms. The van der Waals surface area contributed by atoms with Crippen molar-refractivity contribution in [2.45, 2.75) is 44.8 Å². The fourth-order valence-corrected chi connectivity index (χ4v) is 5.67. The average molecular weight is 512 g/mol. The van der Waals surface area contributed by atoms with Gasteiger partial charge >= 0.3 is 0 Å². The van der Waals surface area contributed by atoms with Gasteiger partial charge in [0.25, 0.3) is 0 Å². The molecule has 0 saturated carbocycles. The van der Waals surface area contributed by atoms with E-state index in [1.807, 2.05) is 54.7 Å². The van der Waals surface area contributed by atoms with Crippen molar-refractivity contribution in [3.05, 3.63) is 95.8 Å². The van der Waals surface area contributed by atoms with Crippen LogP contribution in [0.25, 0.3) is 5.57 Å². The first-order valence-electron chi connectivity index (χ1n) is 12.7. The van der Waals surface area contributed by atoms with Gasteiger partial charge in [0.15, 0.2) is 5.11 Å². The minimum Gasteiger partial charge on any atom is -0.366 e. The maximum absolute atomic E-state index is 12.8. The Morgan fingerprint density at radius 1 is 1.11 bits per heavy atom. The van der Waals surface area contributed by atoms with Crippen molar-refractivity contribution < 1.29 is 4.79 Å². The molecule has 2 atom stereocenters. The normalized spacial score (nSPS) is 20.2. The number of hydrogen-bond donors (Lipinski definition) is 2. The Morgan fingerprint density at radius 2 is 1.86 bits per heavy atom. The van der Waals surface area contributed by atoms with Gasteiger partial charge in [-0.3, -0.25) is 9.78 Å². The van der Waals surface area contributed by atoms with Crippen LogP contribution in [-0.2, 0) is 4.79 Å². The molecule has 3 aromatic rings. The Morgan fingerprint density at radius 3 is 2.59 bits per heavy atom. The number of thiocarbonyl (C=S) groups is 1. The second-order valence-electron chi connectivity index (χ2n) is 10.3. The third-order valence-electron chi connectivity index (χ3n) is 7.42. The van der Waals surface area contributed by atoms with Crippen LogP contribution in [0.15, 0.2) is 79.0 Å². The summed E-state index contributed by atoms with van der Waals surface area (Å²) < 4.78 is 0. The number of likely N-dealkylation sites (N-methyl/N-ethyl adjacent to an activating group) is 1. The number of nitrogens with zero attached hydrogens (tertiary/aromatic N) is 3. The van der Waals surface area contributed by atoms with Crippen LogP contribution >= 0.6 is 12.2 Å². The number of fused-ring (bicyclic) bond motifs is 1. The number of carbonyl (C=O) groups excluding carboxylic acids is 1. The molecule has 3 heterocycles. The van der Waals surface area contributed by atoms with E-state index in [9.17, 15) is 4.79 Å². The number of nitrogens with one attached hydrogen (secondary N) is 2. The maximum Gasteiger partial charge on any atom is 0.226 e. The molecule has 190 valence electrons. The predicted molar refractivity (Wildman–Crippen MR) is 154 cm³/mol. The fourth-order valence-electron chi connectivity index (χ4n) is 5.34. The molecule has 2 aliphatic heterocycles. The molecule has 1 aromatic heterocycles. The number of aromatic nitrogens is 1. The van der Waals surface area contributed by atoms with Gasteiger partial charge in [0.05, 0.1) is 23.3 Å². The number of rotatable bonds is 6. The highest BCUT2D eigenvalue weighted by molar-refractivity contribution is 7.80. The second kappa shape index (κ2) is 9.98. The summed E-state index contributed by atoms with van der Waals surface area (Å²) in [5.74, 6) is -0.0397. The SMILES string of the molecule is CC1=CC(C)(C)N(C)c2ccc([C@H]3[C@H](c4ccccn4)NC(=S)N3CCC(=O)Nc3ccccc3)cc21. The average Bonchev–Trinajstić information content (AvgIpc) is 3.22. The van der Waals surface area contributed by atoms with Crippen LogP contribution in [0.5, 0.6) is 0 Å².